The third kappa shape index (κ3) is 8.74. The van der Waals surface area contributed by atoms with E-state index in [0.717, 1.165) is 24.5 Å². The van der Waals surface area contributed by atoms with Crippen molar-refractivity contribution in [2.75, 3.05) is 27.7 Å². The summed E-state index contributed by atoms with van der Waals surface area (Å²) in [6.07, 6.45) is 0.806. The Morgan fingerprint density at radius 2 is 1.58 bits per heavy atom. The number of hydrogen-bond donors (Lipinski definition) is 2. The van der Waals surface area contributed by atoms with Crippen molar-refractivity contribution in [3.63, 3.8) is 0 Å². The highest BCUT2D eigenvalue weighted by Crippen LogP contribution is 2.27. The van der Waals surface area contributed by atoms with E-state index in [9.17, 15) is 4.79 Å². The Morgan fingerprint density at radius 3 is 2.24 bits per heavy atom. The first kappa shape index (κ1) is 26.7. The van der Waals surface area contributed by atoms with Crippen LogP contribution in [0.1, 0.15) is 21.5 Å². The molecule has 1 amide bonds. The minimum atomic E-state index is 0. The van der Waals surface area contributed by atoms with Gasteiger partial charge in [-0.1, -0.05) is 54.2 Å². The van der Waals surface area contributed by atoms with E-state index in [2.05, 4.69) is 64.2 Å². The predicted molar refractivity (Wildman–Crippen MR) is 149 cm³/mol. The number of benzene rings is 3. The molecule has 0 saturated carbocycles. The molecule has 0 unspecified atom stereocenters. The number of guanidine groups is 1. The fraction of sp³-hybridized carbons (Fsp3) is 0.231. The standard InChI is InChI=1S/C26H30N4OS.HI/c1-27-26(28-17-16-20-8-7-9-22(18-20)25(31)30(2)3)29-19-21-12-14-24(15-13-21)32-23-10-5-4-6-11-23;/h4-15,18H,16-17,19H2,1-3H3,(H2,27,28,29);1H. The summed E-state index contributed by atoms with van der Waals surface area (Å²) in [5.41, 5.74) is 3.02. The van der Waals surface area contributed by atoms with Crippen molar-refractivity contribution in [1.29, 1.82) is 0 Å². The van der Waals surface area contributed by atoms with Gasteiger partial charge in [-0.3, -0.25) is 9.79 Å². The largest absolute Gasteiger partial charge is 0.356 e. The summed E-state index contributed by atoms with van der Waals surface area (Å²) in [5.74, 6) is 0.777. The molecule has 0 aliphatic rings. The molecule has 0 spiro atoms. The van der Waals surface area contributed by atoms with E-state index in [-0.39, 0.29) is 29.9 Å². The van der Waals surface area contributed by atoms with Crippen LogP contribution in [0, 0.1) is 0 Å². The molecule has 0 aliphatic carbocycles. The van der Waals surface area contributed by atoms with Crippen LogP contribution in [0.3, 0.4) is 0 Å². The Balaban J connectivity index is 0.00000385. The molecule has 2 N–H and O–H groups in total. The third-order valence-electron chi connectivity index (χ3n) is 4.87. The second-order valence-electron chi connectivity index (χ2n) is 7.56. The molecule has 5 nitrogen and oxygen atoms in total. The van der Waals surface area contributed by atoms with Crippen LogP contribution in [-0.4, -0.2) is 44.5 Å². The van der Waals surface area contributed by atoms with Crippen LogP contribution in [-0.2, 0) is 13.0 Å². The van der Waals surface area contributed by atoms with Gasteiger partial charge < -0.3 is 15.5 Å². The van der Waals surface area contributed by atoms with Gasteiger partial charge in [0.1, 0.15) is 0 Å². The first-order valence-electron chi connectivity index (χ1n) is 10.6. The smallest absolute Gasteiger partial charge is 0.253 e. The van der Waals surface area contributed by atoms with E-state index in [1.807, 2.05) is 30.3 Å². The Morgan fingerprint density at radius 1 is 0.879 bits per heavy atom. The Bertz CT molecular complexity index is 1040. The molecule has 0 aliphatic heterocycles. The average molecular weight is 575 g/mol. The van der Waals surface area contributed by atoms with Crippen LogP contribution in [0.4, 0.5) is 0 Å². The number of hydrogen-bond acceptors (Lipinski definition) is 3. The van der Waals surface area contributed by atoms with Gasteiger partial charge in [0.15, 0.2) is 5.96 Å². The number of halogens is 1. The van der Waals surface area contributed by atoms with Crippen molar-refractivity contribution in [1.82, 2.24) is 15.5 Å². The van der Waals surface area contributed by atoms with Gasteiger partial charge in [0.25, 0.3) is 5.91 Å². The summed E-state index contributed by atoms with van der Waals surface area (Å²) in [6.45, 7) is 1.43. The van der Waals surface area contributed by atoms with Crippen molar-refractivity contribution in [2.45, 2.75) is 22.8 Å². The Hall–Kier alpha value is -2.52. The summed E-state index contributed by atoms with van der Waals surface area (Å²) in [6, 6.07) is 26.7. The highest BCUT2D eigenvalue weighted by Gasteiger charge is 2.08. The summed E-state index contributed by atoms with van der Waals surface area (Å²) in [4.78, 5) is 20.5. The molecule has 3 aromatic carbocycles. The number of nitrogens with one attached hydrogen (secondary N) is 2. The zero-order valence-electron chi connectivity index (χ0n) is 19.2. The van der Waals surface area contributed by atoms with E-state index in [1.54, 1.807) is 37.8 Å². The topological polar surface area (TPSA) is 56.7 Å². The maximum absolute atomic E-state index is 12.1. The van der Waals surface area contributed by atoms with E-state index < -0.39 is 0 Å². The van der Waals surface area contributed by atoms with Crippen LogP contribution in [0.25, 0.3) is 0 Å². The molecule has 0 saturated heterocycles. The van der Waals surface area contributed by atoms with Crippen LogP contribution in [0.15, 0.2) is 93.6 Å². The van der Waals surface area contributed by atoms with Crippen LogP contribution in [0.5, 0.6) is 0 Å². The van der Waals surface area contributed by atoms with E-state index in [4.69, 9.17) is 0 Å². The van der Waals surface area contributed by atoms with Gasteiger partial charge in [-0.25, -0.2) is 0 Å². The Labute approximate surface area is 218 Å². The van der Waals surface area contributed by atoms with E-state index in [1.165, 1.54) is 15.4 Å². The van der Waals surface area contributed by atoms with Crippen molar-refractivity contribution in [3.05, 3.63) is 95.6 Å². The zero-order chi connectivity index (χ0) is 22.8. The van der Waals surface area contributed by atoms with Crippen LogP contribution in [0.2, 0.25) is 0 Å². The average Bonchev–Trinajstić information content (AvgIpc) is 2.82. The molecule has 0 aromatic heterocycles. The lowest BCUT2D eigenvalue weighted by Gasteiger charge is -2.13. The molecule has 0 bridgehead atoms. The highest BCUT2D eigenvalue weighted by atomic mass is 127. The van der Waals surface area contributed by atoms with E-state index >= 15 is 0 Å². The number of aliphatic imine (C=N–C) groups is 1. The highest BCUT2D eigenvalue weighted by molar-refractivity contribution is 14.0. The van der Waals surface area contributed by atoms with Crippen molar-refractivity contribution >= 4 is 47.6 Å². The van der Waals surface area contributed by atoms with E-state index in [0.29, 0.717) is 12.1 Å². The van der Waals surface area contributed by atoms with Gasteiger partial charge in [0, 0.05) is 49.6 Å². The third-order valence-corrected chi connectivity index (χ3v) is 5.89. The fourth-order valence-corrected chi connectivity index (χ4v) is 3.99. The summed E-state index contributed by atoms with van der Waals surface area (Å²) in [7, 11) is 5.30. The van der Waals surface area contributed by atoms with Crippen molar-refractivity contribution in [2.24, 2.45) is 4.99 Å². The molecule has 0 radical (unpaired) electrons. The molecular weight excluding hydrogens is 543 g/mol. The summed E-state index contributed by atoms with van der Waals surface area (Å²) < 4.78 is 0. The first-order valence-corrected chi connectivity index (χ1v) is 11.4. The number of rotatable bonds is 8. The monoisotopic (exact) mass is 574 g/mol. The maximum atomic E-state index is 12.1. The van der Waals surface area contributed by atoms with Gasteiger partial charge in [-0.15, -0.1) is 24.0 Å². The molecule has 7 heteroatoms. The van der Waals surface area contributed by atoms with Crippen LogP contribution < -0.4 is 10.6 Å². The predicted octanol–water partition coefficient (Wildman–Crippen LogP) is 5.07. The molecule has 33 heavy (non-hydrogen) atoms. The number of nitrogens with zero attached hydrogens (tertiary/aromatic N) is 2. The molecular formula is C26H31IN4OS. The van der Waals surface area contributed by atoms with Crippen LogP contribution >= 0.6 is 35.7 Å². The lowest BCUT2D eigenvalue weighted by molar-refractivity contribution is 0.0827. The lowest BCUT2D eigenvalue weighted by Crippen LogP contribution is -2.37. The molecule has 174 valence electrons. The second kappa shape index (κ2) is 13.9. The molecule has 0 heterocycles. The lowest BCUT2D eigenvalue weighted by atomic mass is 10.1. The molecule has 3 aromatic rings. The number of carbonyl (C=O) groups is 1. The summed E-state index contributed by atoms with van der Waals surface area (Å²) in [5, 5.41) is 6.70. The van der Waals surface area contributed by atoms with Gasteiger partial charge in [-0.05, 0) is 53.9 Å². The molecule has 0 fully saturated rings. The van der Waals surface area contributed by atoms with Gasteiger partial charge >= 0.3 is 0 Å². The maximum Gasteiger partial charge on any atom is 0.253 e. The minimum absolute atomic E-state index is 0. The molecule has 3 rings (SSSR count). The minimum Gasteiger partial charge on any atom is -0.356 e. The Kier molecular flexibility index (Phi) is 11.3. The molecule has 0 atom stereocenters. The quantitative estimate of drug-likeness (QED) is 0.224. The van der Waals surface area contributed by atoms with Gasteiger partial charge in [0.05, 0.1) is 0 Å². The second-order valence-corrected chi connectivity index (χ2v) is 8.71. The fourth-order valence-electron chi connectivity index (χ4n) is 3.15. The van der Waals surface area contributed by atoms with Gasteiger partial charge in [-0.2, -0.15) is 0 Å². The number of amides is 1. The van der Waals surface area contributed by atoms with Crippen molar-refractivity contribution in [3.8, 4) is 0 Å². The SMILES string of the molecule is CN=C(NCCc1cccc(C(=O)N(C)C)c1)NCc1ccc(Sc2ccccc2)cc1.I. The summed E-state index contributed by atoms with van der Waals surface area (Å²) >= 11 is 1.76. The normalized spacial score (nSPS) is 10.8. The van der Waals surface area contributed by atoms with Gasteiger partial charge in [0.2, 0.25) is 0 Å². The number of carbonyl (C=O) groups excluding carboxylic acids is 1. The van der Waals surface area contributed by atoms with Crippen molar-refractivity contribution < 1.29 is 4.79 Å². The first-order chi connectivity index (χ1) is 15.5. The zero-order valence-corrected chi connectivity index (χ0v) is 22.4.